The number of alkyl halides is 3. The van der Waals surface area contributed by atoms with Crippen LogP contribution in [0.15, 0.2) is 182 Å². The van der Waals surface area contributed by atoms with E-state index in [1.54, 1.807) is 28.8 Å². The molecule has 0 saturated heterocycles. The molecule has 0 N–H and O–H groups in total. The normalized spacial score (nSPS) is 11.4. The highest BCUT2D eigenvalue weighted by Gasteiger charge is 2.35. The summed E-state index contributed by atoms with van der Waals surface area (Å²) in [6.07, 6.45) is -4.84. The molecule has 0 saturated carbocycles. The Morgan fingerprint density at radius 3 is 1.05 bits per heavy atom. The van der Waals surface area contributed by atoms with Gasteiger partial charge in [-0.1, -0.05) is 133 Å². The Balaban J connectivity index is 1.41. The van der Waals surface area contributed by atoms with Gasteiger partial charge in [0.15, 0.2) is 11.6 Å². The van der Waals surface area contributed by atoms with Crippen molar-refractivity contribution in [3.63, 3.8) is 0 Å². The van der Waals surface area contributed by atoms with Gasteiger partial charge in [0, 0.05) is 44.2 Å². The van der Waals surface area contributed by atoms with Crippen molar-refractivity contribution in [1.29, 1.82) is 10.5 Å². The zero-order valence-electron chi connectivity index (χ0n) is 33.1. The van der Waals surface area contributed by atoms with Crippen molar-refractivity contribution in [2.24, 2.45) is 0 Å². The van der Waals surface area contributed by atoms with E-state index in [9.17, 15) is 10.5 Å². The Morgan fingerprint density at radius 1 is 0.413 bits per heavy atom. The van der Waals surface area contributed by atoms with Gasteiger partial charge in [-0.05, 0) is 48.5 Å². The van der Waals surface area contributed by atoms with Crippen LogP contribution >= 0.6 is 0 Å². The fourth-order valence-electron chi connectivity index (χ4n) is 7.94. The van der Waals surface area contributed by atoms with E-state index >= 15 is 13.2 Å². The van der Waals surface area contributed by atoms with Crippen molar-refractivity contribution in [2.75, 3.05) is 0 Å². The van der Waals surface area contributed by atoms with Crippen LogP contribution < -0.4 is 0 Å². The first-order valence-electron chi connectivity index (χ1n) is 19.9. The van der Waals surface area contributed by atoms with E-state index in [1.165, 1.54) is 0 Å². The number of nitrogens with zero attached hydrogens (tertiary/aromatic N) is 7. The minimum atomic E-state index is -4.84. The van der Waals surface area contributed by atoms with Gasteiger partial charge < -0.3 is 4.57 Å². The van der Waals surface area contributed by atoms with E-state index in [1.807, 2.05) is 146 Å². The predicted molar refractivity (Wildman–Crippen MR) is 239 cm³/mol. The number of benzene rings is 7. The lowest BCUT2D eigenvalue weighted by Crippen LogP contribution is -2.11. The molecule has 10 rings (SSSR count). The second-order valence-corrected chi connectivity index (χ2v) is 14.8. The molecular formula is C53H30F3N7. The number of hydrogen-bond donors (Lipinski definition) is 0. The molecule has 7 aromatic carbocycles. The van der Waals surface area contributed by atoms with Crippen LogP contribution in [0.2, 0.25) is 0 Å². The molecule has 0 aliphatic carbocycles. The summed E-state index contributed by atoms with van der Waals surface area (Å²) in [7, 11) is 0. The van der Waals surface area contributed by atoms with E-state index in [0.717, 1.165) is 34.4 Å². The third-order valence-corrected chi connectivity index (χ3v) is 10.9. The first-order chi connectivity index (χ1) is 30.7. The van der Waals surface area contributed by atoms with Crippen molar-refractivity contribution in [3.05, 3.63) is 199 Å². The summed E-state index contributed by atoms with van der Waals surface area (Å²) in [6, 6.07) is 58.1. The predicted octanol–water partition coefficient (Wildman–Crippen LogP) is 13.1. The molecular weight excluding hydrogens is 792 g/mol. The molecule has 63 heavy (non-hydrogen) atoms. The van der Waals surface area contributed by atoms with Crippen LogP contribution in [0.3, 0.4) is 0 Å². The number of fused-ring (bicyclic) bond motifs is 3. The molecule has 298 valence electrons. The maximum absolute atomic E-state index is 15.6. The SMILES string of the molecule is N#Cc1ccc2c3ccc(C#N)cc3n(-c3c(-c4nc(-c5ccccc5)cc(-c5ccccc5)n4)cc(C(F)(F)F)cc3-c3nc(-c4ccccc4)cc(-c4ccccc4)n3)c2c1. The van der Waals surface area contributed by atoms with Gasteiger partial charge in [-0.2, -0.15) is 23.7 Å². The van der Waals surface area contributed by atoms with Crippen LogP contribution in [0, 0.1) is 22.7 Å². The molecule has 0 fully saturated rings. The van der Waals surface area contributed by atoms with E-state index in [0.29, 0.717) is 55.7 Å². The maximum Gasteiger partial charge on any atom is 0.416 e. The summed E-state index contributed by atoms with van der Waals surface area (Å²) in [5.41, 5.74) is 5.81. The molecule has 0 amide bonds. The average Bonchev–Trinajstić information content (AvgIpc) is 3.66. The lowest BCUT2D eigenvalue weighted by molar-refractivity contribution is -0.137. The fraction of sp³-hybridized carbons (Fsp3) is 0.0189. The van der Waals surface area contributed by atoms with Crippen molar-refractivity contribution in [3.8, 4) is 85.6 Å². The first kappa shape index (κ1) is 38.5. The smallest absolute Gasteiger partial charge is 0.308 e. The van der Waals surface area contributed by atoms with E-state index in [-0.39, 0.29) is 28.5 Å². The maximum atomic E-state index is 15.6. The zero-order valence-corrected chi connectivity index (χ0v) is 33.1. The number of halogens is 3. The Kier molecular flexibility index (Phi) is 9.59. The molecule has 0 aliphatic heterocycles. The zero-order chi connectivity index (χ0) is 43.1. The Labute approximate surface area is 359 Å². The topological polar surface area (TPSA) is 104 Å². The molecule has 10 heteroatoms. The van der Waals surface area contributed by atoms with Crippen LogP contribution in [0.25, 0.3) is 95.3 Å². The van der Waals surface area contributed by atoms with E-state index < -0.39 is 11.7 Å². The number of rotatable bonds is 7. The van der Waals surface area contributed by atoms with Crippen LogP contribution in [-0.4, -0.2) is 24.5 Å². The molecule has 3 aromatic heterocycles. The summed E-state index contributed by atoms with van der Waals surface area (Å²) in [5, 5.41) is 21.8. The first-order valence-corrected chi connectivity index (χ1v) is 19.9. The minimum Gasteiger partial charge on any atom is -0.308 e. The molecule has 0 atom stereocenters. The Bertz CT molecular complexity index is 3110. The number of nitriles is 2. The number of aromatic nitrogens is 5. The van der Waals surface area contributed by atoms with Crippen LogP contribution in [0.1, 0.15) is 16.7 Å². The molecule has 0 radical (unpaired) electrons. The van der Waals surface area contributed by atoms with E-state index in [4.69, 9.17) is 19.9 Å². The second kappa shape index (κ2) is 15.7. The van der Waals surface area contributed by atoms with Gasteiger partial charge in [-0.15, -0.1) is 0 Å². The van der Waals surface area contributed by atoms with Gasteiger partial charge in [-0.3, -0.25) is 0 Å². The molecule has 0 unspecified atom stereocenters. The van der Waals surface area contributed by atoms with Crippen molar-refractivity contribution < 1.29 is 13.2 Å². The lowest BCUT2D eigenvalue weighted by Gasteiger charge is -2.21. The third-order valence-electron chi connectivity index (χ3n) is 10.9. The third kappa shape index (κ3) is 7.22. The summed E-state index contributed by atoms with van der Waals surface area (Å²) >= 11 is 0. The number of hydrogen-bond acceptors (Lipinski definition) is 6. The van der Waals surface area contributed by atoms with Gasteiger partial charge in [0.1, 0.15) is 0 Å². The highest BCUT2D eigenvalue weighted by atomic mass is 19.4. The van der Waals surface area contributed by atoms with Gasteiger partial charge >= 0.3 is 6.18 Å². The molecule has 0 spiro atoms. The summed E-state index contributed by atoms with van der Waals surface area (Å²) in [4.78, 5) is 20.2. The summed E-state index contributed by atoms with van der Waals surface area (Å²) < 4.78 is 48.5. The molecule has 10 aromatic rings. The monoisotopic (exact) mass is 821 g/mol. The largest absolute Gasteiger partial charge is 0.416 e. The average molecular weight is 822 g/mol. The van der Waals surface area contributed by atoms with Gasteiger partial charge in [0.2, 0.25) is 0 Å². The van der Waals surface area contributed by atoms with Gasteiger partial charge in [0.05, 0.1) is 68.3 Å². The van der Waals surface area contributed by atoms with Crippen molar-refractivity contribution in [2.45, 2.75) is 6.18 Å². The van der Waals surface area contributed by atoms with Gasteiger partial charge in [-0.25, -0.2) is 19.9 Å². The minimum absolute atomic E-state index is 0.00271. The molecule has 3 heterocycles. The lowest BCUT2D eigenvalue weighted by atomic mass is 9.98. The second-order valence-electron chi connectivity index (χ2n) is 14.8. The molecule has 0 bridgehead atoms. The van der Waals surface area contributed by atoms with Gasteiger partial charge in [0.25, 0.3) is 0 Å². The van der Waals surface area contributed by atoms with Crippen LogP contribution in [-0.2, 0) is 6.18 Å². The van der Waals surface area contributed by atoms with E-state index in [2.05, 4.69) is 12.1 Å². The summed E-state index contributed by atoms with van der Waals surface area (Å²) in [6.45, 7) is 0. The van der Waals surface area contributed by atoms with Crippen LogP contribution in [0.4, 0.5) is 13.2 Å². The van der Waals surface area contributed by atoms with Crippen LogP contribution in [0.5, 0.6) is 0 Å². The standard InChI is InChI=1S/C53H30F3N7/c54-53(55,56)39-27-42(51-59-44(35-13-5-1-6-14-35)29-45(60-51)36-15-7-2-8-16-36)50(63-48-25-33(31-57)21-23-40(48)41-24-22-34(32-58)26-49(41)63)43(28-39)52-61-46(37-17-9-3-10-18-37)30-47(62-52)38-19-11-4-12-20-38/h1-30H. The molecule has 0 aliphatic rings. The Hall–Kier alpha value is -8.73. The quantitative estimate of drug-likeness (QED) is 0.159. The Morgan fingerprint density at radius 2 is 0.746 bits per heavy atom. The molecule has 7 nitrogen and oxygen atoms in total. The highest BCUT2D eigenvalue weighted by molar-refractivity contribution is 6.11. The highest BCUT2D eigenvalue weighted by Crippen LogP contribution is 2.45. The van der Waals surface area contributed by atoms with Crippen molar-refractivity contribution in [1.82, 2.24) is 24.5 Å². The summed E-state index contributed by atoms with van der Waals surface area (Å²) in [5.74, 6) is 0.00542. The fourth-order valence-corrected chi connectivity index (χ4v) is 7.94. The van der Waals surface area contributed by atoms with Crippen molar-refractivity contribution >= 4 is 21.8 Å².